The number of nitro groups is 1. The monoisotopic (exact) mass is 269 g/mol. The molecule has 1 rings (SSSR count). The van der Waals surface area contributed by atoms with E-state index in [0.29, 0.717) is 23.8 Å². The molecule has 0 amide bonds. The number of hydrogen-bond donors (Lipinski definition) is 1. The molecule has 19 heavy (non-hydrogen) atoms. The molecule has 6 heteroatoms. The van der Waals surface area contributed by atoms with Gasteiger partial charge >= 0.3 is 0 Å². The highest BCUT2D eigenvalue weighted by molar-refractivity contribution is 5.63. The zero-order valence-electron chi connectivity index (χ0n) is 11.7. The second-order valence-electron chi connectivity index (χ2n) is 4.88. The third kappa shape index (κ3) is 4.17. The standard InChI is InChI=1S/C13H20FN3O2/c1-9(2)16(4)6-5-15-12-7-10(3)11(14)8-13(12)17(18)19/h7-9,15H,5-6H2,1-4H3. The summed E-state index contributed by atoms with van der Waals surface area (Å²) in [7, 11) is 1.98. The number of anilines is 1. The topological polar surface area (TPSA) is 58.4 Å². The lowest BCUT2D eigenvalue weighted by Crippen LogP contribution is -2.31. The Morgan fingerprint density at radius 2 is 2.11 bits per heavy atom. The van der Waals surface area contributed by atoms with Crippen LogP contribution in [-0.2, 0) is 0 Å². The molecule has 0 unspecified atom stereocenters. The van der Waals surface area contributed by atoms with E-state index in [1.165, 1.54) is 6.07 Å². The second kappa shape index (κ2) is 6.47. The van der Waals surface area contributed by atoms with E-state index in [1.54, 1.807) is 6.92 Å². The lowest BCUT2D eigenvalue weighted by Gasteiger charge is -2.21. The van der Waals surface area contributed by atoms with Gasteiger partial charge in [0.2, 0.25) is 0 Å². The van der Waals surface area contributed by atoms with Crippen LogP contribution in [0.3, 0.4) is 0 Å². The van der Waals surface area contributed by atoms with E-state index in [0.717, 1.165) is 12.6 Å². The molecule has 0 saturated heterocycles. The van der Waals surface area contributed by atoms with Crippen LogP contribution in [0.2, 0.25) is 0 Å². The summed E-state index contributed by atoms with van der Waals surface area (Å²) in [6.45, 7) is 7.06. The minimum atomic E-state index is -0.572. The normalized spacial score (nSPS) is 11.1. The van der Waals surface area contributed by atoms with Crippen molar-refractivity contribution in [1.29, 1.82) is 0 Å². The van der Waals surface area contributed by atoms with E-state index >= 15 is 0 Å². The molecule has 0 heterocycles. The Kier molecular flexibility index (Phi) is 5.23. The van der Waals surface area contributed by atoms with Crippen molar-refractivity contribution >= 4 is 11.4 Å². The summed E-state index contributed by atoms with van der Waals surface area (Å²) in [6.07, 6.45) is 0. The van der Waals surface area contributed by atoms with Crippen LogP contribution in [0.15, 0.2) is 12.1 Å². The number of rotatable bonds is 6. The Balaban J connectivity index is 2.77. The molecule has 5 nitrogen and oxygen atoms in total. The average molecular weight is 269 g/mol. The summed E-state index contributed by atoms with van der Waals surface area (Å²) in [6, 6.07) is 2.85. The van der Waals surface area contributed by atoms with E-state index in [-0.39, 0.29) is 5.69 Å². The van der Waals surface area contributed by atoms with E-state index in [2.05, 4.69) is 24.1 Å². The van der Waals surface area contributed by atoms with Gasteiger partial charge in [0.15, 0.2) is 0 Å². The average Bonchev–Trinajstić information content (AvgIpc) is 2.32. The van der Waals surface area contributed by atoms with Crippen LogP contribution < -0.4 is 5.32 Å². The fraction of sp³-hybridized carbons (Fsp3) is 0.538. The number of nitrogens with zero attached hydrogens (tertiary/aromatic N) is 2. The van der Waals surface area contributed by atoms with Gasteiger partial charge in [0, 0.05) is 19.1 Å². The van der Waals surface area contributed by atoms with Crippen molar-refractivity contribution < 1.29 is 9.31 Å². The van der Waals surface area contributed by atoms with Gasteiger partial charge in [0.1, 0.15) is 11.5 Å². The van der Waals surface area contributed by atoms with Crippen molar-refractivity contribution in [1.82, 2.24) is 4.90 Å². The third-order valence-corrected chi connectivity index (χ3v) is 3.14. The molecule has 0 aliphatic heterocycles. The maximum Gasteiger partial charge on any atom is 0.295 e. The summed E-state index contributed by atoms with van der Waals surface area (Å²) in [5.41, 5.74) is 0.529. The van der Waals surface area contributed by atoms with Gasteiger partial charge < -0.3 is 10.2 Å². The molecule has 0 aromatic heterocycles. The van der Waals surface area contributed by atoms with Crippen LogP contribution in [-0.4, -0.2) is 36.0 Å². The van der Waals surface area contributed by atoms with Crippen LogP contribution in [0, 0.1) is 22.9 Å². The lowest BCUT2D eigenvalue weighted by atomic mass is 10.2. The van der Waals surface area contributed by atoms with Crippen molar-refractivity contribution in [3.63, 3.8) is 0 Å². The van der Waals surface area contributed by atoms with Crippen LogP contribution >= 0.6 is 0 Å². The summed E-state index contributed by atoms with van der Waals surface area (Å²) < 4.78 is 13.3. The van der Waals surface area contributed by atoms with Gasteiger partial charge in [-0.15, -0.1) is 0 Å². The first-order valence-electron chi connectivity index (χ1n) is 6.21. The number of hydrogen-bond acceptors (Lipinski definition) is 4. The van der Waals surface area contributed by atoms with Crippen molar-refractivity contribution in [2.75, 3.05) is 25.5 Å². The van der Waals surface area contributed by atoms with E-state index in [9.17, 15) is 14.5 Å². The Bertz CT molecular complexity index is 463. The Morgan fingerprint density at radius 3 is 2.63 bits per heavy atom. The molecule has 0 fully saturated rings. The number of halogens is 1. The summed E-state index contributed by atoms with van der Waals surface area (Å²) in [5.74, 6) is -0.559. The molecule has 1 N–H and O–H groups in total. The van der Waals surface area contributed by atoms with Crippen LogP contribution in [0.5, 0.6) is 0 Å². The van der Waals surface area contributed by atoms with Gasteiger partial charge in [-0.3, -0.25) is 10.1 Å². The number of aryl methyl sites for hydroxylation is 1. The molecule has 0 aliphatic carbocycles. The predicted octanol–water partition coefficient (Wildman–Crippen LogP) is 2.79. The molecule has 106 valence electrons. The smallest absolute Gasteiger partial charge is 0.295 e. The highest BCUT2D eigenvalue weighted by atomic mass is 19.1. The number of nitrogens with one attached hydrogen (secondary N) is 1. The molecular formula is C13H20FN3O2. The Morgan fingerprint density at radius 1 is 1.47 bits per heavy atom. The molecule has 1 aromatic carbocycles. The van der Waals surface area contributed by atoms with Crippen LogP contribution in [0.4, 0.5) is 15.8 Å². The molecule has 0 atom stereocenters. The minimum absolute atomic E-state index is 0.227. The fourth-order valence-electron chi connectivity index (χ4n) is 1.59. The first-order chi connectivity index (χ1) is 8.82. The Labute approximate surface area is 112 Å². The Hall–Kier alpha value is -1.69. The SMILES string of the molecule is Cc1cc(NCCN(C)C(C)C)c([N+](=O)[O-])cc1F. The van der Waals surface area contributed by atoms with E-state index < -0.39 is 10.7 Å². The van der Waals surface area contributed by atoms with Crippen molar-refractivity contribution in [3.8, 4) is 0 Å². The van der Waals surface area contributed by atoms with Crippen LogP contribution in [0.25, 0.3) is 0 Å². The van der Waals surface area contributed by atoms with Gasteiger partial charge in [-0.2, -0.15) is 0 Å². The van der Waals surface area contributed by atoms with Crippen molar-refractivity contribution in [3.05, 3.63) is 33.6 Å². The van der Waals surface area contributed by atoms with Crippen LogP contribution in [0.1, 0.15) is 19.4 Å². The third-order valence-electron chi connectivity index (χ3n) is 3.14. The van der Waals surface area contributed by atoms with Gasteiger partial charge in [-0.1, -0.05) is 0 Å². The molecule has 1 aromatic rings. The number of benzene rings is 1. The largest absolute Gasteiger partial charge is 0.378 e. The lowest BCUT2D eigenvalue weighted by molar-refractivity contribution is -0.384. The van der Waals surface area contributed by atoms with Gasteiger partial charge in [-0.05, 0) is 39.4 Å². The quantitative estimate of drug-likeness (QED) is 0.637. The summed E-state index contributed by atoms with van der Waals surface area (Å²) >= 11 is 0. The summed E-state index contributed by atoms with van der Waals surface area (Å²) in [4.78, 5) is 12.4. The summed E-state index contributed by atoms with van der Waals surface area (Å²) in [5, 5.41) is 13.9. The highest BCUT2D eigenvalue weighted by Crippen LogP contribution is 2.27. The van der Waals surface area contributed by atoms with Gasteiger partial charge in [-0.25, -0.2) is 4.39 Å². The first kappa shape index (κ1) is 15.4. The zero-order valence-corrected chi connectivity index (χ0v) is 11.7. The van der Waals surface area contributed by atoms with E-state index in [4.69, 9.17) is 0 Å². The maximum atomic E-state index is 13.3. The van der Waals surface area contributed by atoms with Gasteiger partial charge in [0.05, 0.1) is 11.0 Å². The molecule has 0 saturated carbocycles. The molecule has 0 bridgehead atoms. The minimum Gasteiger partial charge on any atom is -0.378 e. The van der Waals surface area contributed by atoms with Gasteiger partial charge in [0.25, 0.3) is 5.69 Å². The number of nitro benzene ring substituents is 1. The molecular weight excluding hydrogens is 249 g/mol. The fourth-order valence-corrected chi connectivity index (χ4v) is 1.59. The van der Waals surface area contributed by atoms with Crippen molar-refractivity contribution in [2.24, 2.45) is 0 Å². The molecule has 0 aliphatic rings. The van der Waals surface area contributed by atoms with E-state index in [1.807, 2.05) is 7.05 Å². The molecule has 0 radical (unpaired) electrons. The second-order valence-corrected chi connectivity index (χ2v) is 4.88. The highest BCUT2D eigenvalue weighted by Gasteiger charge is 2.16. The maximum absolute atomic E-state index is 13.3. The van der Waals surface area contributed by atoms with Crippen molar-refractivity contribution in [2.45, 2.75) is 26.8 Å². The zero-order chi connectivity index (χ0) is 14.6. The number of likely N-dealkylation sites (N-methyl/N-ethyl adjacent to an activating group) is 1. The predicted molar refractivity (Wildman–Crippen MR) is 74.0 cm³/mol. The first-order valence-corrected chi connectivity index (χ1v) is 6.21. The molecule has 0 spiro atoms.